The average Bonchev–Trinajstić information content (AvgIpc) is 2.39. The Labute approximate surface area is 96.9 Å². The molecule has 2 N–H and O–H groups in total. The molecule has 1 fully saturated rings. The molecule has 0 amide bonds. The van der Waals surface area contributed by atoms with Gasteiger partial charge in [0.1, 0.15) is 6.10 Å². The van der Waals surface area contributed by atoms with Crippen LogP contribution in [0.25, 0.3) is 0 Å². The fourth-order valence-electron chi connectivity index (χ4n) is 2.58. The zero-order valence-corrected chi connectivity index (χ0v) is 9.55. The second-order valence-electron chi connectivity index (χ2n) is 4.74. The number of hydrogen-bond donors (Lipinski definition) is 2. The average molecular weight is 220 g/mol. The predicted molar refractivity (Wildman–Crippen MR) is 64.0 cm³/mol. The number of benzene rings is 1. The summed E-state index contributed by atoms with van der Waals surface area (Å²) >= 11 is 0. The highest BCUT2D eigenvalue weighted by molar-refractivity contribution is 5.18. The largest absolute Gasteiger partial charge is 0.390 e. The van der Waals surface area contributed by atoms with Crippen LogP contribution in [0.15, 0.2) is 30.3 Å². The molecule has 2 heteroatoms. The Balaban J connectivity index is 2.00. The standard InChI is InChI=1S/C14H20O2/c15-13(11-7-3-1-4-8-11)14(16)12-9-5-2-6-10-12/h1,3-4,7-8,12-16H,2,5-6,9-10H2/t13-,14+/m0/s1. The maximum Gasteiger partial charge on any atom is 0.105 e. The molecule has 16 heavy (non-hydrogen) atoms. The van der Waals surface area contributed by atoms with Gasteiger partial charge in [0.2, 0.25) is 0 Å². The SMILES string of the molecule is O[C@H](C1CCCCC1)[C@@H](O)c1ccccc1. The van der Waals surface area contributed by atoms with Crippen LogP contribution in [-0.4, -0.2) is 16.3 Å². The number of aliphatic hydroxyl groups excluding tert-OH is 2. The summed E-state index contributed by atoms with van der Waals surface area (Å²) in [5, 5.41) is 20.2. The van der Waals surface area contributed by atoms with Gasteiger partial charge in [-0.2, -0.15) is 0 Å². The Bertz CT molecular complexity index is 304. The smallest absolute Gasteiger partial charge is 0.105 e. The highest BCUT2D eigenvalue weighted by Crippen LogP contribution is 2.32. The molecule has 0 spiro atoms. The van der Waals surface area contributed by atoms with E-state index in [2.05, 4.69) is 0 Å². The van der Waals surface area contributed by atoms with E-state index in [0.29, 0.717) is 0 Å². The second-order valence-corrected chi connectivity index (χ2v) is 4.74. The van der Waals surface area contributed by atoms with Gasteiger partial charge in [0.15, 0.2) is 0 Å². The van der Waals surface area contributed by atoms with Gasteiger partial charge in [0.05, 0.1) is 6.10 Å². The van der Waals surface area contributed by atoms with Crippen molar-refractivity contribution in [1.82, 2.24) is 0 Å². The van der Waals surface area contributed by atoms with E-state index < -0.39 is 12.2 Å². The molecule has 1 aliphatic rings. The summed E-state index contributed by atoms with van der Waals surface area (Å²) in [6.45, 7) is 0. The van der Waals surface area contributed by atoms with Crippen molar-refractivity contribution in [3.05, 3.63) is 35.9 Å². The molecule has 2 rings (SSSR count). The van der Waals surface area contributed by atoms with Crippen molar-refractivity contribution in [3.8, 4) is 0 Å². The molecule has 1 aromatic rings. The minimum atomic E-state index is -0.732. The number of rotatable bonds is 3. The fourth-order valence-corrected chi connectivity index (χ4v) is 2.58. The summed E-state index contributed by atoms with van der Waals surface area (Å²) in [5.74, 6) is 0.268. The minimum absolute atomic E-state index is 0.268. The third-order valence-electron chi connectivity index (χ3n) is 3.60. The lowest BCUT2D eigenvalue weighted by Crippen LogP contribution is -2.29. The summed E-state index contributed by atoms with van der Waals surface area (Å²) in [6.07, 6.45) is 4.39. The Kier molecular flexibility index (Phi) is 3.97. The molecular weight excluding hydrogens is 200 g/mol. The molecule has 1 saturated carbocycles. The molecule has 0 aromatic heterocycles. The van der Waals surface area contributed by atoms with E-state index in [1.807, 2.05) is 30.3 Å². The molecule has 88 valence electrons. The number of aliphatic hydroxyl groups is 2. The van der Waals surface area contributed by atoms with Crippen molar-refractivity contribution in [3.63, 3.8) is 0 Å². The van der Waals surface area contributed by atoms with Crippen molar-refractivity contribution in [2.75, 3.05) is 0 Å². The van der Waals surface area contributed by atoms with Gasteiger partial charge in [-0.3, -0.25) is 0 Å². The summed E-state index contributed by atoms with van der Waals surface area (Å²) in [7, 11) is 0. The molecule has 0 heterocycles. The predicted octanol–water partition coefficient (Wildman–Crippen LogP) is 2.66. The first-order valence-corrected chi connectivity index (χ1v) is 6.20. The lowest BCUT2D eigenvalue weighted by Gasteiger charge is -2.29. The first-order valence-electron chi connectivity index (χ1n) is 6.20. The molecule has 2 nitrogen and oxygen atoms in total. The first-order chi connectivity index (χ1) is 7.79. The Morgan fingerprint density at radius 3 is 2.19 bits per heavy atom. The maximum atomic E-state index is 10.1. The van der Waals surface area contributed by atoms with Crippen molar-refractivity contribution < 1.29 is 10.2 Å². The summed E-state index contributed by atoms with van der Waals surface area (Å²) < 4.78 is 0. The highest BCUT2D eigenvalue weighted by Gasteiger charge is 2.28. The van der Waals surface area contributed by atoms with Gasteiger partial charge in [-0.15, -0.1) is 0 Å². The number of hydrogen-bond acceptors (Lipinski definition) is 2. The van der Waals surface area contributed by atoms with Crippen LogP contribution in [0.2, 0.25) is 0 Å². The molecule has 1 aromatic carbocycles. The second kappa shape index (κ2) is 5.46. The van der Waals surface area contributed by atoms with Crippen molar-refractivity contribution in [2.45, 2.75) is 44.3 Å². The zero-order chi connectivity index (χ0) is 11.4. The molecular formula is C14H20O2. The van der Waals surface area contributed by atoms with E-state index in [-0.39, 0.29) is 5.92 Å². The van der Waals surface area contributed by atoms with Crippen LogP contribution in [0.3, 0.4) is 0 Å². The van der Waals surface area contributed by atoms with E-state index in [1.54, 1.807) is 0 Å². The first kappa shape index (κ1) is 11.6. The van der Waals surface area contributed by atoms with Gasteiger partial charge in [-0.25, -0.2) is 0 Å². The van der Waals surface area contributed by atoms with Crippen LogP contribution in [0.5, 0.6) is 0 Å². The lowest BCUT2D eigenvalue weighted by molar-refractivity contribution is -0.0285. The Morgan fingerprint density at radius 2 is 1.56 bits per heavy atom. The monoisotopic (exact) mass is 220 g/mol. The van der Waals surface area contributed by atoms with Crippen LogP contribution in [0.4, 0.5) is 0 Å². The van der Waals surface area contributed by atoms with Gasteiger partial charge in [-0.05, 0) is 24.3 Å². The van der Waals surface area contributed by atoms with E-state index >= 15 is 0 Å². The van der Waals surface area contributed by atoms with Gasteiger partial charge in [-0.1, -0.05) is 49.6 Å². The molecule has 0 saturated heterocycles. The van der Waals surface area contributed by atoms with Crippen molar-refractivity contribution in [1.29, 1.82) is 0 Å². The summed E-state index contributed by atoms with van der Waals surface area (Å²) in [6, 6.07) is 9.45. The molecule has 2 atom stereocenters. The third-order valence-corrected chi connectivity index (χ3v) is 3.60. The summed E-state index contributed by atoms with van der Waals surface area (Å²) in [5.41, 5.74) is 0.820. The molecule has 0 aliphatic heterocycles. The fraction of sp³-hybridized carbons (Fsp3) is 0.571. The molecule has 0 radical (unpaired) electrons. The quantitative estimate of drug-likeness (QED) is 0.822. The van der Waals surface area contributed by atoms with E-state index in [4.69, 9.17) is 0 Å². The van der Waals surface area contributed by atoms with Crippen molar-refractivity contribution >= 4 is 0 Å². The normalized spacial score (nSPS) is 21.6. The van der Waals surface area contributed by atoms with E-state index in [9.17, 15) is 10.2 Å². The van der Waals surface area contributed by atoms with Gasteiger partial charge >= 0.3 is 0 Å². The van der Waals surface area contributed by atoms with Gasteiger partial charge < -0.3 is 10.2 Å². The van der Waals surface area contributed by atoms with E-state index in [0.717, 1.165) is 18.4 Å². The van der Waals surface area contributed by atoms with Crippen LogP contribution < -0.4 is 0 Å². The summed E-state index contributed by atoms with van der Waals surface area (Å²) in [4.78, 5) is 0. The highest BCUT2D eigenvalue weighted by atomic mass is 16.3. The van der Waals surface area contributed by atoms with Gasteiger partial charge in [0, 0.05) is 0 Å². The molecule has 0 unspecified atom stereocenters. The van der Waals surface area contributed by atoms with Crippen LogP contribution in [-0.2, 0) is 0 Å². The maximum absolute atomic E-state index is 10.1. The third kappa shape index (κ3) is 2.63. The van der Waals surface area contributed by atoms with Crippen LogP contribution in [0, 0.1) is 5.92 Å². The van der Waals surface area contributed by atoms with E-state index in [1.165, 1.54) is 19.3 Å². The molecule has 0 bridgehead atoms. The topological polar surface area (TPSA) is 40.5 Å². The lowest BCUT2D eigenvalue weighted by atomic mass is 9.82. The van der Waals surface area contributed by atoms with Crippen molar-refractivity contribution in [2.24, 2.45) is 5.92 Å². The Hall–Kier alpha value is -0.860. The molecule has 1 aliphatic carbocycles. The zero-order valence-electron chi connectivity index (χ0n) is 9.55. The Morgan fingerprint density at radius 1 is 0.938 bits per heavy atom. The van der Waals surface area contributed by atoms with Crippen LogP contribution in [0.1, 0.15) is 43.8 Å². The minimum Gasteiger partial charge on any atom is -0.390 e. The van der Waals surface area contributed by atoms with Gasteiger partial charge in [0.25, 0.3) is 0 Å². The van der Waals surface area contributed by atoms with Crippen LogP contribution >= 0.6 is 0 Å².